The predicted octanol–water partition coefficient (Wildman–Crippen LogP) is 3.82. The first kappa shape index (κ1) is 15.0. The van der Waals surface area contributed by atoms with Crippen molar-refractivity contribution in [2.45, 2.75) is 44.8 Å². The topological polar surface area (TPSA) is 29.5 Å². The van der Waals surface area contributed by atoms with E-state index in [-0.39, 0.29) is 12.5 Å². The Hall–Kier alpha value is -0.390. The third-order valence-corrected chi connectivity index (χ3v) is 5.05. The molecule has 0 saturated heterocycles. The SMILES string of the molecule is CN(Cc1ccc(Br)s1)C(=O)COC1CCCCC1. The number of nitrogens with zero attached hydrogens (tertiary/aromatic N) is 1. The van der Waals surface area contributed by atoms with E-state index in [4.69, 9.17) is 4.74 Å². The molecule has 0 atom stereocenters. The third-order valence-electron chi connectivity index (χ3n) is 3.44. The van der Waals surface area contributed by atoms with Gasteiger partial charge in [0.25, 0.3) is 0 Å². The van der Waals surface area contributed by atoms with E-state index in [9.17, 15) is 4.79 Å². The Balaban J connectivity index is 1.72. The first-order chi connectivity index (χ1) is 9.15. The van der Waals surface area contributed by atoms with Crippen molar-refractivity contribution in [1.29, 1.82) is 0 Å². The van der Waals surface area contributed by atoms with Gasteiger partial charge in [-0.05, 0) is 40.9 Å². The Labute approximate surface area is 127 Å². The number of likely N-dealkylation sites (N-methyl/N-ethyl adjacent to an activating group) is 1. The van der Waals surface area contributed by atoms with Gasteiger partial charge in [0.1, 0.15) is 6.61 Å². The number of carbonyl (C=O) groups is 1. The van der Waals surface area contributed by atoms with E-state index >= 15 is 0 Å². The van der Waals surface area contributed by atoms with E-state index in [1.165, 1.54) is 24.1 Å². The first-order valence-corrected chi connectivity index (χ1v) is 8.36. The molecule has 1 aromatic heterocycles. The summed E-state index contributed by atoms with van der Waals surface area (Å²) in [5, 5.41) is 0. The molecule has 1 aromatic rings. The van der Waals surface area contributed by atoms with E-state index in [2.05, 4.69) is 15.9 Å². The summed E-state index contributed by atoms with van der Waals surface area (Å²) >= 11 is 5.09. The van der Waals surface area contributed by atoms with Gasteiger partial charge in [0, 0.05) is 11.9 Å². The van der Waals surface area contributed by atoms with Crippen molar-refractivity contribution in [1.82, 2.24) is 4.90 Å². The van der Waals surface area contributed by atoms with E-state index in [1.54, 1.807) is 16.2 Å². The van der Waals surface area contributed by atoms with Crippen molar-refractivity contribution in [2.75, 3.05) is 13.7 Å². The smallest absolute Gasteiger partial charge is 0.248 e. The number of rotatable bonds is 5. The summed E-state index contributed by atoms with van der Waals surface area (Å²) in [5.41, 5.74) is 0. The van der Waals surface area contributed by atoms with Crippen LogP contribution in [0.25, 0.3) is 0 Å². The highest BCUT2D eigenvalue weighted by Gasteiger charge is 2.17. The summed E-state index contributed by atoms with van der Waals surface area (Å²) in [5.74, 6) is 0.0649. The van der Waals surface area contributed by atoms with Crippen LogP contribution in [0, 0.1) is 0 Å². The molecule has 0 aliphatic heterocycles. The van der Waals surface area contributed by atoms with Gasteiger partial charge in [0.05, 0.1) is 16.4 Å². The highest BCUT2D eigenvalue weighted by molar-refractivity contribution is 9.11. The second-order valence-corrected chi connectivity index (χ2v) is 7.57. The molecule has 1 fully saturated rings. The second kappa shape index (κ2) is 7.41. The standard InChI is InChI=1S/C14H20BrNO2S/c1-16(9-12-7-8-13(15)19-12)14(17)10-18-11-5-3-2-4-6-11/h7-8,11H,2-6,9-10H2,1H3. The van der Waals surface area contributed by atoms with E-state index in [1.807, 2.05) is 19.2 Å². The van der Waals surface area contributed by atoms with Crippen molar-refractivity contribution in [3.63, 3.8) is 0 Å². The van der Waals surface area contributed by atoms with Gasteiger partial charge >= 0.3 is 0 Å². The number of amides is 1. The molecule has 0 aromatic carbocycles. The fourth-order valence-corrected chi connectivity index (χ4v) is 3.83. The number of ether oxygens (including phenoxy) is 1. The number of thiophene rings is 1. The lowest BCUT2D eigenvalue weighted by molar-refractivity contribution is -0.138. The van der Waals surface area contributed by atoms with Crippen LogP contribution in [0.1, 0.15) is 37.0 Å². The number of carbonyl (C=O) groups excluding carboxylic acids is 1. The van der Waals surface area contributed by atoms with E-state index < -0.39 is 0 Å². The first-order valence-electron chi connectivity index (χ1n) is 6.75. The highest BCUT2D eigenvalue weighted by atomic mass is 79.9. The zero-order valence-electron chi connectivity index (χ0n) is 11.2. The van der Waals surface area contributed by atoms with Crippen LogP contribution in [0.4, 0.5) is 0 Å². The van der Waals surface area contributed by atoms with Gasteiger partial charge in [-0.25, -0.2) is 0 Å². The third kappa shape index (κ3) is 4.89. The molecule has 0 spiro atoms. The average molecular weight is 346 g/mol. The molecule has 106 valence electrons. The lowest BCUT2D eigenvalue weighted by Gasteiger charge is -2.23. The van der Waals surface area contributed by atoms with Crippen LogP contribution >= 0.6 is 27.3 Å². The Bertz CT molecular complexity index is 415. The minimum atomic E-state index is 0.0649. The van der Waals surface area contributed by atoms with Crippen molar-refractivity contribution in [3.8, 4) is 0 Å². The van der Waals surface area contributed by atoms with Crippen LogP contribution < -0.4 is 0 Å². The van der Waals surface area contributed by atoms with Crippen LogP contribution in [0.5, 0.6) is 0 Å². The monoisotopic (exact) mass is 345 g/mol. The Kier molecular flexibility index (Phi) is 5.85. The Morgan fingerprint density at radius 1 is 1.42 bits per heavy atom. The molecule has 1 aliphatic carbocycles. The minimum absolute atomic E-state index is 0.0649. The second-order valence-electron chi connectivity index (χ2n) is 5.03. The zero-order valence-corrected chi connectivity index (χ0v) is 13.6. The number of hydrogen-bond donors (Lipinski definition) is 0. The molecule has 3 nitrogen and oxygen atoms in total. The molecule has 19 heavy (non-hydrogen) atoms. The maximum atomic E-state index is 12.0. The van der Waals surface area contributed by atoms with Gasteiger partial charge in [0.2, 0.25) is 5.91 Å². The van der Waals surface area contributed by atoms with Gasteiger partial charge in [0.15, 0.2) is 0 Å². The van der Waals surface area contributed by atoms with Crippen LogP contribution in [-0.4, -0.2) is 30.6 Å². The molecule has 0 N–H and O–H groups in total. The molecular weight excluding hydrogens is 326 g/mol. The summed E-state index contributed by atoms with van der Waals surface area (Å²) in [6, 6.07) is 4.05. The van der Waals surface area contributed by atoms with Crippen molar-refractivity contribution in [2.24, 2.45) is 0 Å². The van der Waals surface area contributed by atoms with Crippen molar-refractivity contribution >= 4 is 33.2 Å². The molecule has 0 radical (unpaired) electrons. The summed E-state index contributed by atoms with van der Waals surface area (Å²) < 4.78 is 6.81. The molecule has 0 unspecified atom stereocenters. The van der Waals surface area contributed by atoms with E-state index in [0.717, 1.165) is 16.6 Å². The van der Waals surface area contributed by atoms with Crippen LogP contribution in [0.3, 0.4) is 0 Å². The fourth-order valence-electron chi connectivity index (χ4n) is 2.29. The maximum Gasteiger partial charge on any atom is 0.248 e. The van der Waals surface area contributed by atoms with Gasteiger partial charge in [-0.2, -0.15) is 0 Å². The molecule has 5 heteroatoms. The summed E-state index contributed by atoms with van der Waals surface area (Å²) in [6.07, 6.45) is 6.28. The quantitative estimate of drug-likeness (QED) is 0.811. The fraction of sp³-hybridized carbons (Fsp3) is 0.643. The lowest BCUT2D eigenvalue weighted by atomic mass is 9.98. The zero-order chi connectivity index (χ0) is 13.7. The van der Waals surface area contributed by atoms with E-state index in [0.29, 0.717) is 12.6 Å². The summed E-state index contributed by atoms with van der Waals surface area (Å²) in [6.45, 7) is 0.872. The Morgan fingerprint density at radius 3 is 2.79 bits per heavy atom. The largest absolute Gasteiger partial charge is 0.368 e. The van der Waals surface area contributed by atoms with Crippen LogP contribution in [0.2, 0.25) is 0 Å². The molecule has 1 amide bonds. The number of hydrogen-bond acceptors (Lipinski definition) is 3. The van der Waals surface area contributed by atoms with Crippen molar-refractivity contribution in [3.05, 3.63) is 20.8 Å². The maximum absolute atomic E-state index is 12.0. The molecule has 2 rings (SSSR count). The van der Waals surface area contributed by atoms with Crippen molar-refractivity contribution < 1.29 is 9.53 Å². The van der Waals surface area contributed by atoms with Gasteiger partial charge in [-0.1, -0.05) is 19.3 Å². The molecule has 1 saturated carbocycles. The highest BCUT2D eigenvalue weighted by Crippen LogP contribution is 2.23. The average Bonchev–Trinajstić information content (AvgIpc) is 2.82. The molecular formula is C14H20BrNO2S. The Morgan fingerprint density at radius 2 is 2.16 bits per heavy atom. The lowest BCUT2D eigenvalue weighted by Crippen LogP contribution is -2.31. The molecule has 1 aliphatic rings. The van der Waals surface area contributed by atoms with Gasteiger partial charge < -0.3 is 9.64 Å². The summed E-state index contributed by atoms with van der Waals surface area (Å²) in [4.78, 5) is 14.9. The van der Waals surface area contributed by atoms with Crippen LogP contribution in [-0.2, 0) is 16.1 Å². The predicted molar refractivity (Wildman–Crippen MR) is 81.3 cm³/mol. The molecule has 0 bridgehead atoms. The van der Waals surface area contributed by atoms with Gasteiger partial charge in [-0.15, -0.1) is 11.3 Å². The summed E-state index contributed by atoms with van der Waals surface area (Å²) in [7, 11) is 1.83. The molecule has 1 heterocycles. The van der Waals surface area contributed by atoms with Crippen LogP contribution in [0.15, 0.2) is 15.9 Å². The number of halogens is 1. The van der Waals surface area contributed by atoms with Gasteiger partial charge in [-0.3, -0.25) is 4.79 Å². The minimum Gasteiger partial charge on any atom is -0.368 e. The normalized spacial score (nSPS) is 16.5.